The molecule has 1 fully saturated rings. The zero-order valence-corrected chi connectivity index (χ0v) is 7.05. The van der Waals surface area contributed by atoms with Gasteiger partial charge in [-0.15, -0.1) is 6.58 Å². The summed E-state index contributed by atoms with van der Waals surface area (Å²) in [4.78, 5) is 0. The molecule has 0 amide bonds. The van der Waals surface area contributed by atoms with Crippen LogP contribution in [0.4, 0.5) is 0 Å². The third-order valence-electron chi connectivity index (χ3n) is 2.27. The molecule has 2 heteroatoms. The summed E-state index contributed by atoms with van der Waals surface area (Å²) in [6.07, 6.45) is 8.23. The van der Waals surface area contributed by atoms with Crippen LogP contribution < -0.4 is 11.3 Å². The molecule has 0 bridgehead atoms. The van der Waals surface area contributed by atoms with Gasteiger partial charge < -0.3 is 0 Å². The van der Waals surface area contributed by atoms with Gasteiger partial charge in [-0.2, -0.15) is 0 Å². The molecule has 3 N–H and O–H groups in total. The van der Waals surface area contributed by atoms with Crippen molar-refractivity contribution < 1.29 is 0 Å². The van der Waals surface area contributed by atoms with E-state index in [0.29, 0.717) is 6.04 Å². The van der Waals surface area contributed by atoms with Crippen molar-refractivity contribution >= 4 is 0 Å². The SMILES string of the molecule is C=CCCC(CC1CC1)NN. The van der Waals surface area contributed by atoms with Gasteiger partial charge in [0.15, 0.2) is 0 Å². The molecule has 0 aliphatic heterocycles. The highest BCUT2D eigenvalue weighted by Crippen LogP contribution is 2.34. The molecule has 1 atom stereocenters. The van der Waals surface area contributed by atoms with Gasteiger partial charge in [0.1, 0.15) is 0 Å². The smallest absolute Gasteiger partial charge is 0.0216 e. The lowest BCUT2D eigenvalue weighted by atomic mass is 10.1. The predicted molar refractivity (Wildman–Crippen MR) is 47.9 cm³/mol. The van der Waals surface area contributed by atoms with Crippen LogP contribution in [0, 0.1) is 5.92 Å². The quantitative estimate of drug-likeness (QED) is 0.346. The Bertz CT molecular complexity index is 119. The lowest BCUT2D eigenvalue weighted by Gasteiger charge is -2.13. The minimum absolute atomic E-state index is 0.514. The van der Waals surface area contributed by atoms with Crippen LogP contribution in [-0.4, -0.2) is 6.04 Å². The van der Waals surface area contributed by atoms with Crippen LogP contribution in [0.3, 0.4) is 0 Å². The van der Waals surface area contributed by atoms with Crippen LogP contribution in [0.25, 0.3) is 0 Å². The van der Waals surface area contributed by atoms with Gasteiger partial charge in [0.05, 0.1) is 0 Å². The fourth-order valence-corrected chi connectivity index (χ4v) is 1.34. The van der Waals surface area contributed by atoms with E-state index < -0.39 is 0 Å². The Hall–Kier alpha value is -0.340. The first kappa shape index (κ1) is 8.75. The van der Waals surface area contributed by atoms with Crippen LogP contribution in [-0.2, 0) is 0 Å². The van der Waals surface area contributed by atoms with Gasteiger partial charge in [0, 0.05) is 6.04 Å². The second-order valence-corrected chi connectivity index (χ2v) is 3.41. The fourth-order valence-electron chi connectivity index (χ4n) is 1.34. The second-order valence-electron chi connectivity index (χ2n) is 3.41. The van der Waals surface area contributed by atoms with E-state index in [2.05, 4.69) is 12.0 Å². The number of nitrogens with two attached hydrogens (primary N) is 1. The van der Waals surface area contributed by atoms with E-state index >= 15 is 0 Å². The molecule has 11 heavy (non-hydrogen) atoms. The lowest BCUT2D eigenvalue weighted by molar-refractivity contribution is 0.444. The minimum atomic E-state index is 0.514. The van der Waals surface area contributed by atoms with Crippen molar-refractivity contribution in [3.05, 3.63) is 12.7 Å². The van der Waals surface area contributed by atoms with E-state index in [4.69, 9.17) is 5.84 Å². The molecule has 1 rings (SSSR count). The Balaban J connectivity index is 2.07. The zero-order chi connectivity index (χ0) is 8.10. The summed E-state index contributed by atoms with van der Waals surface area (Å²) >= 11 is 0. The van der Waals surface area contributed by atoms with E-state index in [9.17, 15) is 0 Å². The number of nitrogens with one attached hydrogen (secondary N) is 1. The summed E-state index contributed by atoms with van der Waals surface area (Å²) < 4.78 is 0. The first-order valence-electron chi connectivity index (χ1n) is 4.44. The van der Waals surface area contributed by atoms with Crippen molar-refractivity contribution in [1.29, 1.82) is 0 Å². The summed E-state index contributed by atoms with van der Waals surface area (Å²) in [5.41, 5.74) is 2.86. The maximum absolute atomic E-state index is 5.41. The Morgan fingerprint density at radius 2 is 2.36 bits per heavy atom. The van der Waals surface area contributed by atoms with Gasteiger partial charge in [0.2, 0.25) is 0 Å². The molecule has 1 aliphatic rings. The molecule has 0 saturated heterocycles. The Morgan fingerprint density at radius 3 is 2.82 bits per heavy atom. The number of rotatable bonds is 6. The summed E-state index contributed by atoms with van der Waals surface area (Å²) in [5, 5.41) is 0. The van der Waals surface area contributed by atoms with E-state index in [1.807, 2.05) is 6.08 Å². The average Bonchev–Trinajstić information content (AvgIpc) is 2.81. The van der Waals surface area contributed by atoms with Crippen molar-refractivity contribution in [2.24, 2.45) is 11.8 Å². The molecule has 1 saturated carbocycles. The van der Waals surface area contributed by atoms with Gasteiger partial charge in [0.25, 0.3) is 0 Å². The third-order valence-corrected chi connectivity index (χ3v) is 2.27. The molecule has 0 spiro atoms. The predicted octanol–water partition coefficient (Wildman–Crippen LogP) is 1.58. The third kappa shape index (κ3) is 3.54. The van der Waals surface area contributed by atoms with Crippen molar-refractivity contribution in [3.63, 3.8) is 0 Å². The van der Waals surface area contributed by atoms with Crippen LogP contribution in [0.2, 0.25) is 0 Å². The molecule has 1 unspecified atom stereocenters. The number of hydrazine groups is 1. The Labute approximate surface area is 68.8 Å². The van der Waals surface area contributed by atoms with Crippen molar-refractivity contribution in [2.75, 3.05) is 0 Å². The molecule has 2 nitrogen and oxygen atoms in total. The highest BCUT2D eigenvalue weighted by Gasteiger charge is 2.24. The van der Waals surface area contributed by atoms with E-state index in [-0.39, 0.29) is 0 Å². The van der Waals surface area contributed by atoms with Gasteiger partial charge in [-0.3, -0.25) is 11.3 Å². The van der Waals surface area contributed by atoms with Crippen LogP contribution in [0.5, 0.6) is 0 Å². The van der Waals surface area contributed by atoms with E-state index in [1.165, 1.54) is 19.3 Å². The highest BCUT2D eigenvalue weighted by atomic mass is 15.2. The highest BCUT2D eigenvalue weighted by molar-refractivity contribution is 4.80. The van der Waals surface area contributed by atoms with Crippen LogP contribution >= 0.6 is 0 Å². The molecule has 0 heterocycles. The maximum Gasteiger partial charge on any atom is 0.0216 e. The molecule has 0 radical (unpaired) electrons. The van der Waals surface area contributed by atoms with Crippen LogP contribution in [0.15, 0.2) is 12.7 Å². The Kier molecular flexibility index (Phi) is 3.60. The summed E-state index contributed by atoms with van der Waals surface area (Å²) in [5.74, 6) is 6.36. The molecule has 0 aromatic carbocycles. The van der Waals surface area contributed by atoms with Gasteiger partial charge in [-0.05, 0) is 25.2 Å². The molecule has 1 aliphatic carbocycles. The maximum atomic E-state index is 5.41. The second kappa shape index (κ2) is 4.52. The molecule has 0 aromatic heterocycles. The first-order valence-corrected chi connectivity index (χ1v) is 4.44. The van der Waals surface area contributed by atoms with Crippen molar-refractivity contribution in [3.8, 4) is 0 Å². The topological polar surface area (TPSA) is 38.0 Å². The zero-order valence-electron chi connectivity index (χ0n) is 7.05. The normalized spacial score (nSPS) is 19.7. The largest absolute Gasteiger partial charge is 0.271 e. The lowest BCUT2D eigenvalue weighted by Crippen LogP contribution is -2.35. The molecular formula is C9H18N2. The first-order chi connectivity index (χ1) is 5.36. The van der Waals surface area contributed by atoms with Crippen LogP contribution in [0.1, 0.15) is 32.1 Å². The van der Waals surface area contributed by atoms with Crippen molar-refractivity contribution in [1.82, 2.24) is 5.43 Å². The van der Waals surface area contributed by atoms with E-state index in [0.717, 1.165) is 18.8 Å². The number of hydrogen-bond acceptors (Lipinski definition) is 2. The standard InChI is InChI=1S/C9H18N2/c1-2-3-4-9(11-10)7-8-5-6-8/h2,8-9,11H,1,3-7,10H2. The number of hydrogen-bond donors (Lipinski definition) is 2. The summed E-state index contributed by atoms with van der Waals surface area (Å²) in [6.45, 7) is 3.69. The monoisotopic (exact) mass is 154 g/mol. The Morgan fingerprint density at radius 1 is 1.64 bits per heavy atom. The molecule has 0 aromatic rings. The summed E-state index contributed by atoms with van der Waals surface area (Å²) in [7, 11) is 0. The molecule has 64 valence electrons. The van der Waals surface area contributed by atoms with E-state index in [1.54, 1.807) is 0 Å². The average molecular weight is 154 g/mol. The molecular weight excluding hydrogens is 136 g/mol. The van der Waals surface area contributed by atoms with Gasteiger partial charge >= 0.3 is 0 Å². The minimum Gasteiger partial charge on any atom is -0.271 e. The fraction of sp³-hybridized carbons (Fsp3) is 0.778. The number of allylic oxidation sites excluding steroid dienone is 1. The van der Waals surface area contributed by atoms with Gasteiger partial charge in [-0.1, -0.05) is 18.9 Å². The van der Waals surface area contributed by atoms with Crippen molar-refractivity contribution in [2.45, 2.75) is 38.1 Å². The summed E-state index contributed by atoms with van der Waals surface area (Å²) in [6, 6.07) is 0.514. The van der Waals surface area contributed by atoms with Gasteiger partial charge in [-0.25, -0.2) is 0 Å².